The fourth-order valence-electron chi connectivity index (χ4n) is 6.37. The number of nitrogens with zero attached hydrogens (tertiary/aromatic N) is 3. The van der Waals surface area contributed by atoms with Crippen LogP contribution < -0.4 is 5.73 Å². The fourth-order valence-corrected chi connectivity index (χ4v) is 6.37. The number of hydrogen-bond acceptors (Lipinski definition) is 10. The molecule has 10 nitrogen and oxygen atoms in total. The molecular formula is C37H57FN4O6. The van der Waals surface area contributed by atoms with Crippen LogP contribution in [0.15, 0.2) is 4.99 Å². The van der Waals surface area contributed by atoms with Crippen molar-refractivity contribution in [2.75, 3.05) is 18.9 Å². The van der Waals surface area contributed by atoms with Crippen molar-refractivity contribution in [3.8, 4) is 12.3 Å². The predicted molar refractivity (Wildman–Crippen MR) is 184 cm³/mol. The Labute approximate surface area is 286 Å². The minimum absolute atomic E-state index is 0.00274. The first-order chi connectivity index (χ1) is 23.3. The molecule has 1 aromatic heterocycles. The predicted octanol–water partition coefficient (Wildman–Crippen LogP) is 8.36. The van der Waals surface area contributed by atoms with E-state index in [4.69, 9.17) is 31.1 Å². The van der Waals surface area contributed by atoms with Gasteiger partial charge < -0.3 is 24.7 Å². The van der Waals surface area contributed by atoms with Gasteiger partial charge in [-0.25, -0.2) is 9.78 Å². The smallest absolute Gasteiger partial charge is 0.458 e. The van der Waals surface area contributed by atoms with E-state index in [1.54, 1.807) is 6.21 Å². The van der Waals surface area contributed by atoms with Crippen molar-refractivity contribution in [1.82, 2.24) is 9.97 Å². The van der Waals surface area contributed by atoms with E-state index >= 15 is 0 Å². The Morgan fingerprint density at radius 2 is 1.62 bits per heavy atom. The van der Waals surface area contributed by atoms with Gasteiger partial charge in [0.15, 0.2) is 11.4 Å². The van der Waals surface area contributed by atoms with Gasteiger partial charge in [-0.05, 0) is 38.0 Å². The summed E-state index contributed by atoms with van der Waals surface area (Å²) in [5.41, 5.74) is 5.26. The Morgan fingerprint density at radius 1 is 0.979 bits per heavy atom. The lowest BCUT2D eigenvalue weighted by atomic mass is 9.93. The number of halogens is 1. The molecule has 268 valence electrons. The number of terminal acetylenes is 1. The Morgan fingerprint density at radius 3 is 2.29 bits per heavy atom. The van der Waals surface area contributed by atoms with Crippen LogP contribution in [0.4, 0.5) is 20.7 Å². The SMILES string of the molecule is C#CC1(COC(=O)OCCCCCC)O[C@@H](CC2C=Nc3c(N)nc(F)nc3CC2)C[C@@H]1OC(=O)CCCCCCCCCCCCC. The van der Waals surface area contributed by atoms with Crippen LogP contribution in [0.25, 0.3) is 0 Å². The second kappa shape index (κ2) is 21.7. The van der Waals surface area contributed by atoms with E-state index in [0.29, 0.717) is 37.1 Å². The zero-order valence-corrected chi connectivity index (χ0v) is 29.2. The van der Waals surface area contributed by atoms with Gasteiger partial charge in [0.05, 0.1) is 18.4 Å². The number of aryl methyl sites for hydroxylation is 1. The van der Waals surface area contributed by atoms with E-state index in [9.17, 15) is 14.0 Å². The molecule has 3 heterocycles. The number of carbonyl (C=O) groups excluding carboxylic acids is 2. The summed E-state index contributed by atoms with van der Waals surface area (Å²) in [6.45, 7) is 4.29. The number of nitrogens with two attached hydrogens (primary N) is 1. The second-order valence-electron chi connectivity index (χ2n) is 13.2. The highest BCUT2D eigenvalue weighted by atomic mass is 19.1. The van der Waals surface area contributed by atoms with E-state index in [1.807, 2.05) is 0 Å². The number of fused-ring (bicyclic) bond motifs is 1. The first kappa shape index (κ1) is 39.2. The highest BCUT2D eigenvalue weighted by molar-refractivity contribution is 5.73. The average molecular weight is 673 g/mol. The maximum Gasteiger partial charge on any atom is 0.508 e. The number of aromatic nitrogens is 2. The molecule has 2 N–H and O–H groups in total. The van der Waals surface area contributed by atoms with Gasteiger partial charge in [-0.1, -0.05) is 103 Å². The second-order valence-corrected chi connectivity index (χ2v) is 13.2. The van der Waals surface area contributed by atoms with Gasteiger partial charge in [0.1, 0.15) is 18.4 Å². The summed E-state index contributed by atoms with van der Waals surface area (Å²) >= 11 is 0. The van der Waals surface area contributed by atoms with Crippen LogP contribution in [0.5, 0.6) is 0 Å². The van der Waals surface area contributed by atoms with Gasteiger partial charge in [0, 0.05) is 19.1 Å². The van der Waals surface area contributed by atoms with Crippen LogP contribution in [0.3, 0.4) is 0 Å². The number of ether oxygens (including phenoxy) is 4. The highest BCUT2D eigenvalue weighted by Crippen LogP contribution is 2.38. The van der Waals surface area contributed by atoms with Gasteiger partial charge in [-0.2, -0.15) is 9.37 Å². The zero-order chi connectivity index (χ0) is 34.6. The van der Waals surface area contributed by atoms with Crippen LogP contribution in [0, 0.1) is 24.3 Å². The summed E-state index contributed by atoms with van der Waals surface area (Å²) < 4.78 is 36.7. The molecule has 2 unspecified atom stereocenters. The van der Waals surface area contributed by atoms with Crippen LogP contribution in [-0.2, 0) is 30.2 Å². The summed E-state index contributed by atoms with van der Waals surface area (Å²) in [6.07, 6.45) is 23.9. The molecule has 48 heavy (non-hydrogen) atoms. The molecule has 2 aliphatic rings. The summed E-state index contributed by atoms with van der Waals surface area (Å²) in [4.78, 5) is 37.3. The quantitative estimate of drug-likeness (QED) is 0.0558. The van der Waals surface area contributed by atoms with Gasteiger partial charge in [-0.3, -0.25) is 9.79 Å². The fraction of sp³-hybridized carbons (Fsp3) is 0.757. The molecule has 1 aromatic rings. The normalized spacial score (nSPS) is 21.7. The van der Waals surface area contributed by atoms with Gasteiger partial charge >= 0.3 is 18.2 Å². The maximum absolute atomic E-state index is 13.8. The third-order valence-electron chi connectivity index (χ3n) is 9.19. The number of hydrogen-bond donors (Lipinski definition) is 1. The van der Waals surface area contributed by atoms with E-state index in [0.717, 1.165) is 44.9 Å². The molecular weight excluding hydrogens is 615 g/mol. The lowest BCUT2D eigenvalue weighted by molar-refractivity contribution is -0.158. The number of rotatable bonds is 22. The van der Waals surface area contributed by atoms with Crippen LogP contribution in [0.2, 0.25) is 0 Å². The zero-order valence-electron chi connectivity index (χ0n) is 29.2. The molecule has 0 spiro atoms. The van der Waals surface area contributed by atoms with E-state index in [-0.39, 0.29) is 37.3 Å². The van der Waals surface area contributed by atoms with Crippen molar-refractivity contribution in [3.05, 3.63) is 11.8 Å². The lowest BCUT2D eigenvalue weighted by Crippen LogP contribution is -2.45. The molecule has 1 saturated heterocycles. The van der Waals surface area contributed by atoms with E-state index in [2.05, 4.69) is 34.7 Å². The molecule has 0 amide bonds. The lowest BCUT2D eigenvalue weighted by Gasteiger charge is -2.28. The molecule has 2 aliphatic heterocycles. The molecule has 11 heteroatoms. The van der Waals surface area contributed by atoms with Crippen LogP contribution in [0.1, 0.15) is 142 Å². The van der Waals surface area contributed by atoms with Gasteiger partial charge in [0.2, 0.25) is 0 Å². The topological polar surface area (TPSA) is 135 Å². The number of aliphatic imine (C=N–C) groups is 1. The monoisotopic (exact) mass is 672 g/mol. The first-order valence-electron chi connectivity index (χ1n) is 18.3. The molecule has 0 bridgehead atoms. The molecule has 4 atom stereocenters. The van der Waals surface area contributed by atoms with Crippen molar-refractivity contribution in [3.63, 3.8) is 0 Å². The minimum atomic E-state index is -1.46. The number of carbonyl (C=O) groups is 2. The van der Waals surface area contributed by atoms with Crippen molar-refractivity contribution >= 4 is 29.8 Å². The Hall–Kier alpha value is -3.26. The maximum atomic E-state index is 13.8. The molecule has 1 fully saturated rings. The molecule has 0 aliphatic carbocycles. The Kier molecular flexibility index (Phi) is 17.7. The van der Waals surface area contributed by atoms with Crippen LogP contribution in [-0.4, -0.2) is 59.3 Å². The summed E-state index contributed by atoms with van der Waals surface area (Å²) in [5.74, 6) is 2.23. The minimum Gasteiger partial charge on any atom is -0.458 e. The summed E-state index contributed by atoms with van der Waals surface area (Å²) in [7, 11) is 0. The molecule has 0 radical (unpaired) electrons. The van der Waals surface area contributed by atoms with Crippen molar-refractivity contribution in [2.45, 2.75) is 160 Å². The third kappa shape index (κ3) is 13.3. The largest absolute Gasteiger partial charge is 0.508 e. The number of unbranched alkanes of at least 4 members (excludes halogenated alkanes) is 13. The Bertz CT molecular complexity index is 1210. The van der Waals surface area contributed by atoms with Gasteiger partial charge in [-0.15, -0.1) is 6.42 Å². The van der Waals surface area contributed by atoms with Gasteiger partial charge in [0.25, 0.3) is 0 Å². The third-order valence-corrected chi connectivity index (χ3v) is 9.19. The first-order valence-corrected chi connectivity index (χ1v) is 18.3. The number of esters is 1. The molecule has 0 aromatic carbocycles. The number of anilines is 1. The molecule has 3 rings (SSSR count). The standard InChI is InChI=1S/C37H57FN4O6/c1-4-7-9-11-12-13-14-15-16-17-18-20-32(43)47-31-25-29(24-28-21-22-30-33(40-26-28)34(39)42-35(38)41-30)48-37(31,6-3)27-46-36(44)45-23-19-10-8-5-2/h3,26,28-29,31H,4-5,7-25,27H2,1-2H3,(H2,39,41,42)/t28?,29-,31-,37?/m0/s1. The van der Waals surface area contributed by atoms with Crippen molar-refractivity contribution < 1.29 is 32.9 Å². The van der Waals surface area contributed by atoms with E-state index < -0.39 is 30.0 Å². The van der Waals surface area contributed by atoms with E-state index in [1.165, 1.54) is 51.4 Å². The number of nitrogen functional groups attached to an aromatic ring is 1. The molecule has 0 saturated carbocycles. The summed E-state index contributed by atoms with van der Waals surface area (Å²) in [5, 5.41) is 0. The highest BCUT2D eigenvalue weighted by Gasteiger charge is 2.51. The Balaban J connectivity index is 1.53. The summed E-state index contributed by atoms with van der Waals surface area (Å²) in [6, 6.07) is 0. The van der Waals surface area contributed by atoms with Crippen molar-refractivity contribution in [2.24, 2.45) is 10.9 Å². The van der Waals surface area contributed by atoms with Crippen molar-refractivity contribution in [1.29, 1.82) is 0 Å². The van der Waals surface area contributed by atoms with Crippen LogP contribution >= 0.6 is 0 Å². The average Bonchev–Trinajstić information content (AvgIpc) is 3.26.